The number of nitrogens with zero attached hydrogens (tertiary/aromatic N) is 2. The first kappa shape index (κ1) is 11.3. The summed E-state index contributed by atoms with van der Waals surface area (Å²) in [6, 6.07) is 0. The summed E-state index contributed by atoms with van der Waals surface area (Å²) >= 11 is 1.28. The zero-order chi connectivity index (χ0) is 10.6. The topological polar surface area (TPSA) is 98.1 Å². The molecule has 0 aliphatic carbocycles. The third-order valence-electron chi connectivity index (χ3n) is 1.52. The number of rotatable bonds is 5. The lowest BCUT2D eigenvalue weighted by molar-refractivity contribution is -0.492. The van der Waals surface area contributed by atoms with Gasteiger partial charge in [0.2, 0.25) is 5.13 Å². The molecule has 0 saturated carbocycles. The minimum atomic E-state index is -0.332. The fourth-order valence-corrected chi connectivity index (χ4v) is 1.77. The fraction of sp³-hybridized carbons (Fsp3) is 0.500. The summed E-state index contributed by atoms with van der Waals surface area (Å²) in [6.07, 6.45) is 0.489. The van der Waals surface area contributed by atoms with Crippen molar-refractivity contribution in [2.75, 3.05) is 12.1 Å². The molecule has 0 radical (unpaired) electrons. The van der Waals surface area contributed by atoms with Crippen LogP contribution in [0.4, 0.5) is 5.13 Å². The van der Waals surface area contributed by atoms with Crippen LogP contribution in [0.2, 0.25) is 0 Å². The van der Waals surface area contributed by atoms with Gasteiger partial charge in [-0.1, -0.05) is 11.3 Å². The molecule has 1 aromatic rings. The Morgan fingerprint density at radius 2 is 2.29 bits per heavy atom. The Bertz CT molecular complexity index is 291. The molecule has 8 heteroatoms. The van der Waals surface area contributed by atoms with Crippen molar-refractivity contribution >= 4 is 16.5 Å². The van der Waals surface area contributed by atoms with Crippen LogP contribution in [-0.2, 0) is 11.3 Å². The Labute approximate surface area is 84.0 Å². The molecule has 14 heavy (non-hydrogen) atoms. The lowest BCUT2D eigenvalue weighted by atomic mass is 10.3. The molecule has 80 valence electrons. The second kappa shape index (κ2) is 5.20. The number of anilines is 1. The molecule has 0 unspecified atom stereocenters. The normalized spacial score (nSPS) is 10.9. The number of thiazole rings is 1. The van der Waals surface area contributed by atoms with Crippen LogP contribution in [0, 0.1) is 6.92 Å². The highest BCUT2D eigenvalue weighted by molar-refractivity contribution is 7.15. The summed E-state index contributed by atoms with van der Waals surface area (Å²) in [6.45, 7) is 1.92. The van der Waals surface area contributed by atoms with Crippen molar-refractivity contribution in [1.29, 1.82) is 0 Å². The van der Waals surface area contributed by atoms with Gasteiger partial charge in [0.15, 0.2) is 0 Å². The molecule has 1 rings (SSSR count). The van der Waals surface area contributed by atoms with Gasteiger partial charge in [0.25, 0.3) is 0 Å². The zero-order valence-electron chi connectivity index (χ0n) is 7.47. The minimum absolute atomic E-state index is 0.126. The molecule has 0 amide bonds. The predicted octanol–water partition coefficient (Wildman–Crippen LogP) is 0.807. The molecular formula is C6H11N3O4S. The van der Waals surface area contributed by atoms with E-state index in [9.17, 15) is 0 Å². The molecule has 7 nitrogen and oxygen atoms in total. The standard InChI is InChI=1S/C6H11N3O4S/c1-4-5(2-3-13-9(11)12)14-6(7-4)8-10/h10-12H,2-3H2,1H3,(H,7,8). The first-order valence-electron chi connectivity index (χ1n) is 3.80. The molecule has 0 atom stereocenters. The van der Waals surface area contributed by atoms with Crippen LogP contribution < -0.4 is 5.48 Å². The van der Waals surface area contributed by atoms with E-state index >= 15 is 0 Å². The van der Waals surface area contributed by atoms with Gasteiger partial charge < -0.3 is 0 Å². The zero-order valence-corrected chi connectivity index (χ0v) is 8.28. The van der Waals surface area contributed by atoms with E-state index in [2.05, 4.69) is 9.82 Å². The van der Waals surface area contributed by atoms with Crippen LogP contribution in [-0.4, -0.2) is 32.6 Å². The molecule has 0 spiro atoms. The van der Waals surface area contributed by atoms with Gasteiger partial charge in [-0.25, -0.2) is 10.5 Å². The molecular weight excluding hydrogens is 210 g/mol. The quantitative estimate of drug-likeness (QED) is 0.546. The van der Waals surface area contributed by atoms with Gasteiger partial charge in [-0.2, -0.15) is 0 Å². The number of aryl methyl sites for hydroxylation is 1. The van der Waals surface area contributed by atoms with Crippen molar-refractivity contribution in [2.45, 2.75) is 13.3 Å². The van der Waals surface area contributed by atoms with Gasteiger partial charge >= 0.3 is 0 Å². The number of hydrogen-bond donors (Lipinski definition) is 4. The summed E-state index contributed by atoms with van der Waals surface area (Å²) in [5.41, 5.74) is 2.72. The van der Waals surface area contributed by atoms with E-state index in [0.717, 1.165) is 10.6 Å². The molecule has 0 fully saturated rings. The molecule has 0 saturated heterocycles. The maximum absolute atomic E-state index is 8.57. The highest BCUT2D eigenvalue weighted by Crippen LogP contribution is 2.22. The Balaban J connectivity index is 2.45. The summed E-state index contributed by atoms with van der Waals surface area (Å²) < 4.78 is 0. The second-order valence-electron chi connectivity index (χ2n) is 2.48. The van der Waals surface area contributed by atoms with Crippen molar-refractivity contribution in [3.8, 4) is 0 Å². The van der Waals surface area contributed by atoms with E-state index in [1.165, 1.54) is 11.3 Å². The average molecular weight is 221 g/mol. The van der Waals surface area contributed by atoms with Crippen molar-refractivity contribution < 1.29 is 20.5 Å². The number of nitrogens with one attached hydrogen (secondary N) is 1. The van der Waals surface area contributed by atoms with Crippen LogP contribution in [0.1, 0.15) is 10.6 Å². The summed E-state index contributed by atoms with van der Waals surface area (Å²) in [5.74, 6) is 0. The van der Waals surface area contributed by atoms with E-state index < -0.39 is 0 Å². The fourth-order valence-electron chi connectivity index (χ4n) is 0.928. The van der Waals surface area contributed by atoms with Gasteiger partial charge in [-0.15, -0.1) is 0 Å². The largest absolute Gasteiger partial charge is 0.289 e. The molecule has 1 aromatic heterocycles. The highest BCUT2D eigenvalue weighted by Gasteiger charge is 2.07. The third kappa shape index (κ3) is 3.18. The van der Waals surface area contributed by atoms with Crippen LogP contribution in [0.5, 0.6) is 0 Å². The van der Waals surface area contributed by atoms with E-state index in [0.29, 0.717) is 11.6 Å². The lowest BCUT2D eigenvalue weighted by Crippen LogP contribution is -2.16. The Hall–Kier alpha value is -0.770. The molecule has 0 aromatic carbocycles. The van der Waals surface area contributed by atoms with Crippen molar-refractivity contribution in [3.63, 3.8) is 0 Å². The summed E-state index contributed by atoms with van der Waals surface area (Å²) in [7, 11) is 0. The monoisotopic (exact) mass is 221 g/mol. The minimum Gasteiger partial charge on any atom is -0.289 e. The van der Waals surface area contributed by atoms with E-state index in [-0.39, 0.29) is 12.0 Å². The molecule has 0 aliphatic rings. The maximum atomic E-state index is 8.57. The Morgan fingerprint density at radius 3 is 2.79 bits per heavy atom. The molecule has 1 heterocycles. The van der Waals surface area contributed by atoms with Gasteiger partial charge in [0.05, 0.1) is 17.7 Å². The number of aromatic nitrogens is 1. The van der Waals surface area contributed by atoms with Gasteiger partial charge in [0, 0.05) is 11.3 Å². The second-order valence-corrected chi connectivity index (χ2v) is 3.56. The van der Waals surface area contributed by atoms with Crippen molar-refractivity contribution in [1.82, 2.24) is 10.4 Å². The summed E-state index contributed by atoms with van der Waals surface area (Å²) in [5, 5.41) is 25.1. The van der Waals surface area contributed by atoms with Crippen LogP contribution in [0.15, 0.2) is 0 Å². The average Bonchev–Trinajstić information content (AvgIpc) is 2.47. The molecule has 4 N–H and O–H groups in total. The third-order valence-corrected chi connectivity index (χ3v) is 2.65. The smallest absolute Gasteiger partial charge is 0.207 e. The molecule has 0 aliphatic heterocycles. The van der Waals surface area contributed by atoms with Crippen molar-refractivity contribution in [2.24, 2.45) is 0 Å². The number of hydrogen-bond acceptors (Lipinski definition) is 8. The lowest BCUT2D eigenvalue weighted by Gasteiger charge is -2.04. The summed E-state index contributed by atoms with van der Waals surface area (Å²) in [4.78, 5) is 9.28. The van der Waals surface area contributed by atoms with Crippen LogP contribution >= 0.6 is 11.3 Å². The van der Waals surface area contributed by atoms with Gasteiger partial charge in [-0.05, 0) is 6.92 Å². The van der Waals surface area contributed by atoms with E-state index in [1.54, 1.807) is 6.92 Å². The van der Waals surface area contributed by atoms with Crippen LogP contribution in [0.25, 0.3) is 0 Å². The Kier molecular flexibility index (Phi) is 4.20. The van der Waals surface area contributed by atoms with E-state index in [4.69, 9.17) is 15.6 Å². The highest BCUT2D eigenvalue weighted by atomic mass is 32.1. The van der Waals surface area contributed by atoms with Gasteiger partial charge in [-0.3, -0.25) is 20.5 Å². The van der Waals surface area contributed by atoms with Crippen molar-refractivity contribution in [3.05, 3.63) is 10.6 Å². The first-order chi connectivity index (χ1) is 6.63. The van der Waals surface area contributed by atoms with E-state index in [1.807, 2.05) is 5.48 Å². The van der Waals surface area contributed by atoms with Gasteiger partial charge in [0.1, 0.15) is 0 Å². The predicted molar refractivity (Wildman–Crippen MR) is 47.3 cm³/mol. The van der Waals surface area contributed by atoms with Crippen LogP contribution in [0.3, 0.4) is 0 Å². The Morgan fingerprint density at radius 1 is 1.57 bits per heavy atom. The molecule has 0 bridgehead atoms. The maximum Gasteiger partial charge on any atom is 0.207 e. The SMILES string of the molecule is Cc1nc(NO)sc1CCON(O)O. The first-order valence-corrected chi connectivity index (χ1v) is 4.62.